The number of nitrogens with zero attached hydrogens (tertiary/aromatic N) is 2. The number of aryl methyl sites for hydroxylation is 1. The quantitative estimate of drug-likeness (QED) is 0.811. The Balaban J connectivity index is 2.05. The third-order valence-corrected chi connectivity index (χ3v) is 3.87. The topological polar surface area (TPSA) is 51.5 Å². The highest BCUT2D eigenvalue weighted by atomic mass is 35.5. The van der Waals surface area contributed by atoms with Gasteiger partial charge in [-0.3, -0.25) is 9.59 Å². The number of ether oxygens (including phenoxy) is 1. The van der Waals surface area contributed by atoms with Crippen molar-refractivity contribution in [3.63, 3.8) is 0 Å². The number of anilines is 1. The van der Waals surface area contributed by atoms with Gasteiger partial charge in [0.05, 0.1) is 22.8 Å². The summed E-state index contributed by atoms with van der Waals surface area (Å²) >= 11 is 6.16. The number of carbonyl (C=O) groups is 1. The summed E-state index contributed by atoms with van der Waals surface area (Å²) < 4.78 is 7.13. The van der Waals surface area contributed by atoms with Crippen LogP contribution < -0.4 is 15.2 Å². The zero-order valence-corrected chi connectivity index (χ0v) is 13.0. The van der Waals surface area contributed by atoms with Crippen LogP contribution in [0.15, 0.2) is 41.3 Å². The fourth-order valence-corrected chi connectivity index (χ4v) is 2.70. The second-order valence-corrected chi connectivity index (χ2v) is 5.71. The van der Waals surface area contributed by atoms with Gasteiger partial charge in [-0.05, 0) is 25.1 Å². The molecule has 0 saturated carbocycles. The molecule has 1 aliphatic heterocycles. The van der Waals surface area contributed by atoms with Gasteiger partial charge in [-0.2, -0.15) is 0 Å². The Morgan fingerprint density at radius 3 is 2.82 bits per heavy atom. The Morgan fingerprint density at radius 1 is 1.32 bits per heavy atom. The molecule has 0 fully saturated rings. The van der Waals surface area contributed by atoms with Crippen molar-refractivity contribution >= 4 is 23.2 Å². The Labute approximate surface area is 132 Å². The lowest BCUT2D eigenvalue weighted by atomic mass is 10.1. The first-order valence-electron chi connectivity index (χ1n) is 6.91. The van der Waals surface area contributed by atoms with Gasteiger partial charge in [0.25, 0.3) is 5.91 Å². The maximum atomic E-state index is 12.8. The molecule has 6 heteroatoms. The largest absolute Gasteiger partial charge is 0.485 e. The van der Waals surface area contributed by atoms with Crippen LogP contribution in [0.25, 0.3) is 0 Å². The lowest BCUT2D eigenvalue weighted by Crippen LogP contribution is -2.42. The molecule has 0 saturated heterocycles. The smallest absolute Gasteiger partial charge is 0.260 e. The number of pyridine rings is 1. The van der Waals surface area contributed by atoms with Crippen molar-refractivity contribution in [3.05, 3.63) is 57.5 Å². The second-order valence-electron chi connectivity index (χ2n) is 5.30. The van der Waals surface area contributed by atoms with Gasteiger partial charge in [-0.1, -0.05) is 17.7 Å². The molecule has 2 heterocycles. The van der Waals surface area contributed by atoms with Crippen LogP contribution in [0.2, 0.25) is 5.02 Å². The number of rotatable bonds is 1. The summed E-state index contributed by atoms with van der Waals surface area (Å²) in [7, 11) is 1.62. The number of halogens is 1. The molecular weight excluding hydrogens is 304 g/mol. The van der Waals surface area contributed by atoms with E-state index in [9.17, 15) is 9.59 Å². The maximum Gasteiger partial charge on any atom is 0.260 e. The highest BCUT2D eigenvalue weighted by Gasteiger charge is 2.29. The molecule has 2 aromatic rings. The zero-order valence-electron chi connectivity index (χ0n) is 12.2. The normalized spacial score (nSPS) is 16.9. The van der Waals surface area contributed by atoms with Crippen LogP contribution in [0.1, 0.15) is 17.3 Å². The van der Waals surface area contributed by atoms with Crippen molar-refractivity contribution in [1.82, 2.24) is 4.57 Å². The molecule has 0 bridgehead atoms. The fraction of sp³-hybridized carbons (Fsp3) is 0.250. The van der Waals surface area contributed by atoms with Crippen molar-refractivity contribution in [2.24, 2.45) is 7.05 Å². The van der Waals surface area contributed by atoms with Crippen LogP contribution in [-0.2, 0) is 7.05 Å². The highest BCUT2D eigenvalue weighted by Crippen LogP contribution is 2.39. The molecule has 0 N–H and O–H groups in total. The van der Waals surface area contributed by atoms with Crippen LogP contribution in [0.5, 0.6) is 5.75 Å². The number of fused-ring (bicyclic) bond motifs is 1. The molecule has 1 aliphatic rings. The van der Waals surface area contributed by atoms with Gasteiger partial charge in [-0.15, -0.1) is 0 Å². The lowest BCUT2D eigenvalue weighted by molar-refractivity contribution is 0.0960. The van der Waals surface area contributed by atoms with Gasteiger partial charge in [-0.25, -0.2) is 0 Å². The Kier molecular flexibility index (Phi) is 3.66. The zero-order chi connectivity index (χ0) is 15.9. The number of para-hydroxylation sites is 1. The molecule has 1 aromatic heterocycles. The van der Waals surface area contributed by atoms with Crippen LogP contribution in [-0.4, -0.2) is 23.1 Å². The van der Waals surface area contributed by atoms with E-state index in [-0.39, 0.29) is 17.6 Å². The average molecular weight is 319 g/mol. The Bertz CT molecular complexity index is 800. The van der Waals surface area contributed by atoms with Crippen molar-refractivity contribution in [2.45, 2.75) is 13.0 Å². The summed E-state index contributed by atoms with van der Waals surface area (Å²) in [6.07, 6.45) is 1.37. The number of carbonyl (C=O) groups excluding carboxylic acids is 1. The fourth-order valence-electron chi connectivity index (χ4n) is 2.49. The van der Waals surface area contributed by atoms with Crippen LogP contribution in [0, 0.1) is 0 Å². The van der Waals surface area contributed by atoms with Gasteiger partial charge >= 0.3 is 0 Å². The van der Waals surface area contributed by atoms with E-state index in [4.69, 9.17) is 16.3 Å². The molecule has 22 heavy (non-hydrogen) atoms. The summed E-state index contributed by atoms with van der Waals surface area (Å²) in [4.78, 5) is 25.9. The first-order valence-corrected chi connectivity index (χ1v) is 7.29. The van der Waals surface area contributed by atoms with Gasteiger partial charge < -0.3 is 14.2 Å². The molecule has 3 rings (SSSR count). The van der Waals surface area contributed by atoms with E-state index in [1.807, 2.05) is 6.92 Å². The summed E-state index contributed by atoms with van der Waals surface area (Å²) in [5.74, 6) is 0.329. The molecule has 1 aromatic carbocycles. The van der Waals surface area contributed by atoms with Crippen molar-refractivity contribution < 1.29 is 9.53 Å². The van der Waals surface area contributed by atoms with Gasteiger partial charge in [0.15, 0.2) is 5.75 Å². The number of hydrogen-bond acceptors (Lipinski definition) is 3. The predicted octanol–water partition coefficient (Wildman–Crippen LogP) is 2.47. The van der Waals surface area contributed by atoms with Crippen molar-refractivity contribution in [1.29, 1.82) is 0 Å². The number of aromatic nitrogens is 1. The number of benzene rings is 1. The van der Waals surface area contributed by atoms with Crippen molar-refractivity contribution in [2.75, 3.05) is 11.4 Å². The highest BCUT2D eigenvalue weighted by molar-refractivity contribution is 6.32. The lowest BCUT2D eigenvalue weighted by Gasteiger charge is -2.34. The van der Waals surface area contributed by atoms with Gasteiger partial charge in [0.1, 0.15) is 6.10 Å². The average Bonchev–Trinajstić information content (AvgIpc) is 2.49. The molecule has 114 valence electrons. The van der Waals surface area contributed by atoms with Crippen molar-refractivity contribution in [3.8, 4) is 5.75 Å². The van der Waals surface area contributed by atoms with Gasteiger partial charge in [0, 0.05) is 19.3 Å². The minimum absolute atomic E-state index is 0.157. The second kappa shape index (κ2) is 5.50. The van der Waals surface area contributed by atoms with E-state index in [0.717, 1.165) is 0 Å². The number of amides is 1. The Morgan fingerprint density at radius 2 is 2.09 bits per heavy atom. The molecule has 1 amide bonds. The number of hydrogen-bond donors (Lipinski definition) is 0. The summed E-state index contributed by atoms with van der Waals surface area (Å²) in [6, 6.07) is 8.23. The monoisotopic (exact) mass is 318 g/mol. The van der Waals surface area contributed by atoms with E-state index in [1.54, 1.807) is 30.1 Å². The molecular formula is C16H15ClN2O3. The molecule has 0 radical (unpaired) electrons. The molecule has 0 unspecified atom stereocenters. The van der Waals surface area contributed by atoms with E-state index in [1.165, 1.54) is 22.9 Å². The summed E-state index contributed by atoms with van der Waals surface area (Å²) in [5, 5.41) is 0.474. The summed E-state index contributed by atoms with van der Waals surface area (Å²) in [6.45, 7) is 2.31. The van der Waals surface area contributed by atoms with E-state index < -0.39 is 0 Å². The van der Waals surface area contributed by atoms with Crippen LogP contribution in [0.3, 0.4) is 0 Å². The van der Waals surface area contributed by atoms with E-state index in [2.05, 4.69) is 0 Å². The maximum absolute atomic E-state index is 12.8. The predicted molar refractivity (Wildman–Crippen MR) is 84.9 cm³/mol. The van der Waals surface area contributed by atoms with E-state index in [0.29, 0.717) is 28.6 Å². The standard InChI is InChI=1S/C16H15ClN2O3/c1-10-8-19(13-5-3-4-12(17)15(13)22-10)16(21)11-6-7-14(20)18(2)9-11/h3-7,9-10H,8H2,1-2H3/t10-/m0/s1. The van der Waals surface area contributed by atoms with Crippen LogP contribution >= 0.6 is 11.6 Å². The third kappa shape index (κ3) is 2.48. The molecule has 0 aliphatic carbocycles. The first-order chi connectivity index (χ1) is 10.5. The van der Waals surface area contributed by atoms with Crippen LogP contribution in [0.4, 0.5) is 5.69 Å². The molecule has 0 spiro atoms. The van der Waals surface area contributed by atoms with Gasteiger partial charge in [0.2, 0.25) is 5.56 Å². The summed E-state index contributed by atoms with van der Waals surface area (Å²) in [5.41, 5.74) is 0.932. The van der Waals surface area contributed by atoms with E-state index >= 15 is 0 Å². The Hall–Kier alpha value is -2.27. The molecule has 5 nitrogen and oxygen atoms in total. The SMILES string of the molecule is C[C@H]1CN(C(=O)c2ccc(=O)n(C)c2)c2cccc(Cl)c2O1. The molecule has 1 atom stereocenters. The third-order valence-electron chi connectivity index (χ3n) is 3.57. The minimum atomic E-state index is -0.186. The first kappa shape index (κ1) is 14.7. The minimum Gasteiger partial charge on any atom is -0.485 e.